The van der Waals surface area contributed by atoms with Gasteiger partial charge >= 0.3 is 0 Å². The van der Waals surface area contributed by atoms with Crippen molar-refractivity contribution in [3.05, 3.63) is 89.8 Å². The van der Waals surface area contributed by atoms with Crippen LogP contribution in [0.1, 0.15) is 28.5 Å². The molecule has 2 aromatic heterocycles. The minimum atomic E-state index is -1.21. The Hall–Kier alpha value is -4.33. The molecule has 0 unspecified atom stereocenters. The summed E-state index contributed by atoms with van der Waals surface area (Å²) in [6.45, 7) is 4.21. The molecule has 0 saturated carbocycles. The number of nitrogens with one attached hydrogen (secondary N) is 1. The average Bonchev–Trinajstić information content (AvgIpc) is 3.54. The molecule has 8 heteroatoms. The molecule has 4 aromatic rings. The number of rotatable bonds is 6. The van der Waals surface area contributed by atoms with Gasteiger partial charge in [0.25, 0.3) is 5.91 Å². The summed E-state index contributed by atoms with van der Waals surface area (Å²) < 4.78 is 12.3. The van der Waals surface area contributed by atoms with Crippen molar-refractivity contribution in [2.24, 2.45) is 0 Å². The first-order chi connectivity index (χ1) is 16.9. The number of hydrogen-bond donors (Lipinski definition) is 1. The summed E-state index contributed by atoms with van der Waals surface area (Å²) in [6, 6.07) is 20.3. The Morgan fingerprint density at radius 3 is 2.60 bits per heavy atom. The van der Waals surface area contributed by atoms with Crippen LogP contribution in [-0.4, -0.2) is 34.2 Å². The molecule has 0 spiro atoms. The number of furan rings is 1. The summed E-state index contributed by atoms with van der Waals surface area (Å²) in [4.78, 5) is 29.2. The molecule has 0 aliphatic carbocycles. The van der Waals surface area contributed by atoms with Crippen molar-refractivity contribution in [1.29, 1.82) is 0 Å². The largest absolute Gasteiger partial charge is 0.497 e. The van der Waals surface area contributed by atoms with Gasteiger partial charge in [0.1, 0.15) is 22.7 Å². The van der Waals surface area contributed by atoms with E-state index < -0.39 is 5.54 Å². The summed E-state index contributed by atoms with van der Waals surface area (Å²) >= 11 is 0. The van der Waals surface area contributed by atoms with Crippen LogP contribution in [-0.2, 0) is 17.9 Å². The smallest absolute Gasteiger partial charge is 0.277 e. The number of methoxy groups -OCH3 is 1. The Balaban J connectivity index is 1.51. The molecule has 1 aliphatic heterocycles. The highest BCUT2D eigenvalue weighted by atomic mass is 16.5. The van der Waals surface area contributed by atoms with Crippen LogP contribution in [0.2, 0.25) is 0 Å². The summed E-state index contributed by atoms with van der Waals surface area (Å²) in [7, 11) is 1.61. The molecule has 1 N–H and O–H groups in total. The van der Waals surface area contributed by atoms with Crippen molar-refractivity contribution in [3.63, 3.8) is 0 Å². The maximum absolute atomic E-state index is 13.9. The number of carbonyl (C=O) groups excluding carboxylic acids is 2. The highest BCUT2D eigenvalue weighted by Crippen LogP contribution is 2.35. The lowest BCUT2D eigenvalue weighted by Gasteiger charge is -2.43. The molecule has 178 valence electrons. The maximum Gasteiger partial charge on any atom is 0.277 e. The number of ether oxygens (including phenoxy) is 1. The first kappa shape index (κ1) is 22.5. The zero-order chi connectivity index (χ0) is 24.6. The molecule has 3 heterocycles. The van der Waals surface area contributed by atoms with E-state index in [2.05, 4.69) is 10.4 Å². The Morgan fingerprint density at radius 2 is 1.91 bits per heavy atom. The Morgan fingerprint density at radius 1 is 1.14 bits per heavy atom. The average molecular weight is 471 g/mol. The third kappa shape index (κ3) is 3.97. The summed E-state index contributed by atoms with van der Waals surface area (Å²) in [5.41, 5.74) is 2.24. The Bertz CT molecular complexity index is 1370. The van der Waals surface area contributed by atoms with Crippen LogP contribution in [0.25, 0.3) is 11.5 Å². The molecule has 1 atom stereocenters. The van der Waals surface area contributed by atoms with Crippen molar-refractivity contribution < 1.29 is 18.7 Å². The van der Waals surface area contributed by atoms with Gasteiger partial charge < -0.3 is 14.5 Å². The van der Waals surface area contributed by atoms with Crippen LogP contribution in [0.5, 0.6) is 5.75 Å². The first-order valence-corrected chi connectivity index (χ1v) is 11.3. The molecule has 0 fully saturated rings. The van der Waals surface area contributed by atoms with E-state index in [1.54, 1.807) is 48.1 Å². The van der Waals surface area contributed by atoms with E-state index in [9.17, 15) is 9.59 Å². The van der Waals surface area contributed by atoms with Crippen molar-refractivity contribution in [2.75, 3.05) is 12.0 Å². The van der Waals surface area contributed by atoms with E-state index in [-0.39, 0.29) is 18.4 Å². The molecule has 2 aromatic carbocycles. The standard InChI is InChI=1S/C27H26N4O4/c1-18-7-4-5-8-22(18)31-25(32)23-15-21(24-9-6-14-35-24)29-30(23)17-27(31,2)26(33)28-16-19-10-12-20(34-3)13-11-19/h4-15H,16-17H2,1-3H3,(H,28,33)/t27-/m0/s1. The number of para-hydroxylation sites is 1. The molecule has 35 heavy (non-hydrogen) atoms. The molecule has 0 bridgehead atoms. The van der Waals surface area contributed by atoms with E-state index in [1.165, 1.54) is 0 Å². The van der Waals surface area contributed by atoms with E-state index in [1.807, 2.05) is 55.5 Å². The molecule has 0 radical (unpaired) electrons. The molecular weight excluding hydrogens is 444 g/mol. The molecule has 2 amide bonds. The highest BCUT2D eigenvalue weighted by Gasteiger charge is 2.49. The molecule has 5 rings (SSSR count). The van der Waals surface area contributed by atoms with Gasteiger partial charge in [-0.05, 0) is 55.3 Å². The summed E-state index contributed by atoms with van der Waals surface area (Å²) in [6.07, 6.45) is 1.56. The van der Waals surface area contributed by atoms with Gasteiger partial charge in [-0.2, -0.15) is 5.10 Å². The quantitative estimate of drug-likeness (QED) is 0.456. The molecule has 8 nitrogen and oxygen atoms in total. The predicted molar refractivity (Wildman–Crippen MR) is 131 cm³/mol. The van der Waals surface area contributed by atoms with Crippen molar-refractivity contribution in [2.45, 2.75) is 32.5 Å². The topological polar surface area (TPSA) is 89.6 Å². The minimum Gasteiger partial charge on any atom is -0.497 e. The summed E-state index contributed by atoms with van der Waals surface area (Å²) in [5, 5.41) is 7.61. The van der Waals surface area contributed by atoms with E-state index in [4.69, 9.17) is 9.15 Å². The number of nitrogens with zero attached hydrogens (tertiary/aromatic N) is 3. The third-order valence-corrected chi connectivity index (χ3v) is 6.38. The van der Waals surface area contributed by atoms with Gasteiger partial charge in [0.2, 0.25) is 5.91 Å². The fourth-order valence-corrected chi connectivity index (χ4v) is 4.43. The fourth-order valence-electron chi connectivity index (χ4n) is 4.43. The van der Waals surface area contributed by atoms with Crippen LogP contribution in [0.4, 0.5) is 5.69 Å². The van der Waals surface area contributed by atoms with E-state index >= 15 is 0 Å². The normalized spacial score (nSPS) is 17.2. The number of aromatic nitrogens is 2. The number of fused-ring (bicyclic) bond motifs is 1. The zero-order valence-corrected chi connectivity index (χ0v) is 19.8. The Kier molecular flexibility index (Phi) is 5.64. The second-order valence-corrected chi connectivity index (χ2v) is 8.78. The summed E-state index contributed by atoms with van der Waals surface area (Å²) in [5.74, 6) is 0.741. The number of hydrogen-bond acceptors (Lipinski definition) is 5. The highest BCUT2D eigenvalue weighted by molar-refractivity contribution is 6.12. The second kappa shape index (κ2) is 8.79. The number of aryl methyl sites for hydroxylation is 1. The van der Waals surface area contributed by atoms with Crippen LogP contribution in [0.15, 0.2) is 77.4 Å². The number of anilines is 1. The van der Waals surface area contributed by atoms with Crippen molar-refractivity contribution >= 4 is 17.5 Å². The molecule has 0 saturated heterocycles. The fraction of sp³-hybridized carbons (Fsp3) is 0.222. The van der Waals surface area contributed by atoms with Crippen LogP contribution < -0.4 is 15.0 Å². The van der Waals surface area contributed by atoms with Crippen molar-refractivity contribution in [1.82, 2.24) is 15.1 Å². The minimum absolute atomic E-state index is 0.192. The van der Waals surface area contributed by atoms with Gasteiger partial charge in [-0.25, -0.2) is 0 Å². The SMILES string of the molecule is COc1ccc(CNC(=O)[C@]2(C)Cn3nc(-c4ccco4)cc3C(=O)N2c2ccccc2C)cc1. The Labute approximate surface area is 203 Å². The van der Waals surface area contributed by atoms with E-state index in [0.29, 0.717) is 29.4 Å². The van der Waals surface area contributed by atoms with Gasteiger partial charge in [0.05, 0.1) is 19.9 Å². The van der Waals surface area contributed by atoms with Gasteiger partial charge in [-0.15, -0.1) is 0 Å². The first-order valence-electron chi connectivity index (χ1n) is 11.3. The number of benzene rings is 2. The lowest BCUT2D eigenvalue weighted by atomic mass is 9.93. The van der Waals surface area contributed by atoms with Gasteiger partial charge in [-0.3, -0.25) is 19.2 Å². The number of carbonyl (C=O) groups is 2. The monoisotopic (exact) mass is 470 g/mol. The van der Waals surface area contributed by atoms with Crippen molar-refractivity contribution in [3.8, 4) is 17.2 Å². The maximum atomic E-state index is 13.9. The third-order valence-electron chi connectivity index (χ3n) is 6.38. The van der Waals surface area contributed by atoms with Gasteiger partial charge in [0.15, 0.2) is 5.76 Å². The van der Waals surface area contributed by atoms with Crippen LogP contribution in [0, 0.1) is 6.92 Å². The second-order valence-electron chi connectivity index (χ2n) is 8.78. The van der Waals surface area contributed by atoms with Gasteiger partial charge in [0, 0.05) is 18.3 Å². The van der Waals surface area contributed by atoms with Crippen LogP contribution >= 0.6 is 0 Å². The van der Waals surface area contributed by atoms with E-state index in [0.717, 1.165) is 16.9 Å². The zero-order valence-electron chi connectivity index (χ0n) is 19.8. The lowest BCUT2D eigenvalue weighted by molar-refractivity contribution is -0.126. The molecule has 1 aliphatic rings. The van der Waals surface area contributed by atoms with Crippen LogP contribution in [0.3, 0.4) is 0 Å². The molecular formula is C27H26N4O4. The predicted octanol–water partition coefficient (Wildman–Crippen LogP) is 4.20. The van der Waals surface area contributed by atoms with Gasteiger partial charge in [-0.1, -0.05) is 30.3 Å². The lowest BCUT2D eigenvalue weighted by Crippen LogP contribution is -2.64. The number of amides is 2.